The summed E-state index contributed by atoms with van der Waals surface area (Å²) >= 11 is 5.07. The van der Waals surface area contributed by atoms with E-state index in [2.05, 4.69) is 43.2 Å². The fraction of sp³-hybridized carbons (Fsp3) is 0.333. The van der Waals surface area contributed by atoms with Crippen LogP contribution in [0.3, 0.4) is 0 Å². The predicted molar refractivity (Wildman–Crippen MR) is 92.6 cm³/mol. The molecule has 1 aliphatic heterocycles. The molecule has 3 rings (SSSR count). The average molecular weight is 382 g/mol. The van der Waals surface area contributed by atoms with Crippen molar-refractivity contribution in [1.82, 2.24) is 4.90 Å². The zero-order chi connectivity index (χ0) is 15.5. The molecule has 0 unspecified atom stereocenters. The van der Waals surface area contributed by atoms with E-state index in [1.807, 2.05) is 12.1 Å². The first-order chi connectivity index (χ1) is 10.6. The van der Waals surface area contributed by atoms with Crippen LogP contribution in [-0.2, 0) is 6.54 Å². The lowest BCUT2D eigenvalue weighted by Crippen LogP contribution is -2.46. The lowest BCUT2D eigenvalue weighted by molar-refractivity contribution is -0.384. The summed E-state index contributed by atoms with van der Waals surface area (Å²) in [5.41, 5.74) is 0.880. The normalized spacial score (nSPS) is 16.0. The second-order valence-corrected chi connectivity index (χ2v) is 7.18. The van der Waals surface area contributed by atoms with Gasteiger partial charge < -0.3 is 4.90 Å². The molecule has 1 aromatic carbocycles. The molecule has 0 aliphatic carbocycles. The molecule has 1 fully saturated rings. The molecule has 22 heavy (non-hydrogen) atoms. The lowest BCUT2D eigenvalue weighted by Gasteiger charge is -2.35. The molecular weight excluding hydrogens is 366 g/mol. The number of rotatable bonds is 4. The summed E-state index contributed by atoms with van der Waals surface area (Å²) in [4.78, 5) is 16.8. The van der Waals surface area contributed by atoms with Gasteiger partial charge in [0.05, 0.1) is 4.92 Å². The van der Waals surface area contributed by atoms with Gasteiger partial charge >= 0.3 is 0 Å². The zero-order valence-electron chi connectivity index (χ0n) is 11.9. The second kappa shape index (κ2) is 6.76. The van der Waals surface area contributed by atoms with Gasteiger partial charge in [-0.05, 0) is 23.6 Å². The van der Waals surface area contributed by atoms with Crippen LogP contribution in [0.15, 0.2) is 40.2 Å². The van der Waals surface area contributed by atoms with Gasteiger partial charge in [-0.15, -0.1) is 11.3 Å². The van der Waals surface area contributed by atoms with Gasteiger partial charge in [-0.25, -0.2) is 0 Å². The minimum Gasteiger partial charge on any atom is -0.363 e. The van der Waals surface area contributed by atoms with Crippen LogP contribution >= 0.6 is 27.3 Å². The summed E-state index contributed by atoms with van der Waals surface area (Å²) in [6.07, 6.45) is 0. The van der Waals surface area contributed by atoms with Gasteiger partial charge in [0, 0.05) is 48.1 Å². The van der Waals surface area contributed by atoms with Crippen molar-refractivity contribution >= 4 is 38.6 Å². The fourth-order valence-corrected chi connectivity index (χ4v) is 3.78. The number of nitrogens with zero attached hydrogens (tertiary/aromatic N) is 3. The maximum atomic E-state index is 11.2. The molecule has 116 valence electrons. The molecule has 0 amide bonds. The van der Waals surface area contributed by atoms with Crippen LogP contribution in [0.1, 0.15) is 4.88 Å². The van der Waals surface area contributed by atoms with Crippen molar-refractivity contribution in [3.8, 4) is 0 Å². The van der Waals surface area contributed by atoms with Crippen LogP contribution < -0.4 is 4.90 Å². The molecule has 1 aliphatic rings. The Hall–Kier alpha value is -1.44. The first kappa shape index (κ1) is 15.5. The van der Waals surface area contributed by atoms with Crippen molar-refractivity contribution in [2.45, 2.75) is 6.54 Å². The minimum absolute atomic E-state index is 0.168. The van der Waals surface area contributed by atoms with Crippen molar-refractivity contribution in [2.75, 3.05) is 31.1 Å². The van der Waals surface area contributed by atoms with Crippen molar-refractivity contribution in [1.29, 1.82) is 0 Å². The highest BCUT2D eigenvalue weighted by atomic mass is 79.9. The maximum absolute atomic E-state index is 11.2. The summed E-state index contributed by atoms with van der Waals surface area (Å²) in [6, 6.07) is 9.49. The van der Waals surface area contributed by atoms with Gasteiger partial charge in [-0.2, -0.15) is 0 Å². The highest BCUT2D eigenvalue weighted by Gasteiger charge is 2.24. The van der Waals surface area contributed by atoms with E-state index in [-0.39, 0.29) is 10.6 Å². The summed E-state index contributed by atoms with van der Waals surface area (Å²) in [5.74, 6) is 0. The molecule has 5 nitrogen and oxygen atoms in total. The van der Waals surface area contributed by atoms with E-state index in [0.29, 0.717) is 5.69 Å². The summed E-state index contributed by atoms with van der Waals surface area (Å²) in [6.45, 7) is 4.44. The largest absolute Gasteiger partial charge is 0.363 e. The van der Waals surface area contributed by atoms with Crippen molar-refractivity contribution < 1.29 is 4.92 Å². The molecule has 1 saturated heterocycles. The standard InChI is InChI=1S/C15H16BrN3O2S/c16-12-3-4-14(15(10-12)19(20)21)18-7-5-17(6-8-18)11-13-2-1-9-22-13/h1-4,9-10H,5-8,11H2. The fourth-order valence-electron chi connectivity index (χ4n) is 2.68. The van der Waals surface area contributed by atoms with Gasteiger partial charge in [-0.3, -0.25) is 15.0 Å². The number of thiophene rings is 1. The summed E-state index contributed by atoms with van der Waals surface area (Å²) in [5, 5.41) is 13.3. The van der Waals surface area contributed by atoms with Gasteiger partial charge in [0.25, 0.3) is 5.69 Å². The molecule has 7 heteroatoms. The Morgan fingerprint density at radius 1 is 1.23 bits per heavy atom. The van der Waals surface area contributed by atoms with E-state index in [0.717, 1.165) is 37.2 Å². The van der Waals surface area contributed by atoms with E-state index >= 15 is 0 Å². The van der Waals surface area contributed by atoms with Gasteiger partial charge in [0.2, 0.25) is 0 Å². The third-order valence-electron chi connectivity index (χ3n) is 3.81. The second-order valence-electron chi connectivity index (χ2n) is 5.23. The number of nitro groups is 1. The Bertz CT molecular complexity index is 655. The lowest BCUT2D eigenvalue weighted by atomic mass is 10.2. The Morgan fingerprint density at radius 3 is 2.64 bits per heavy atom. The monoisotopic (exact) mass is 381 g/mol. The first-order valence-corrected chi connectivity index (χ1v) is 8.74. The molecule has 0 bridgehead atoms. The number of nitro benzene ring substituents is 1. The van der Waals surface area contributed by atoms with Gasteiger partial charge in [0.1, 0.15) is 5.69 Å². The highest BCUT2D eigenvalue weighted by molar-refractivity contribution is 9.10. The zero-order valence-corrected chi connectivity index (χ0v) is 14.3. The molecule has 2 aromatic rings. The number of benzene rings is 1. The number of piperazine rings is 1. The molecule has 2 heterocycles. The molecular formula is C15H16BrN3O2S. The van der Waals surface area contributed by atoms with Crippen molar-refractivity contribution in [3.63, 3.8) is 0 Å². The SMILES string of the molecule is O=[N+]([O-])c1cc(Br)ccc1N1CCN(Cc2cccs2)CC1. The number of hydrogen-bond acceptors (Lipinski definition) is 5. The number of halogens is 1. The van der Waals surface area contributed by atoms with Crippen LogP contribution in [-0.4, -0.2) is 36.0 Å². The third-order valence-corrected chi connectivity index (χ3v) is 5.16. The molecule has 0 spiro atoms. The third kappa shape index (κ3) is 3.48. The topological polar surface area (TPSA) is 49.6 Å². The Kier molecular flexibility index (Phi) is 4.75. The van der Waals surface area contributed by atoms with E-state index in [1.165, 1.54) is 4.88 Å². The summed E-state index contributed by atoms with van der Waals surface area (Å²) in [7, 11) is 0. The van der Waals surface area contributed by atoms with Gasteiger partial charge in [-0.1, -0.05) is 22.0 Å². The van der Waals surface area contributed by atoms with Crippen LogP contribution in [0.2, 0.25) is 0 Å². The van der Waals surface area contributed by atoms with E-state index in [1.54, 1.807) is 17.4 Å². The van der Waals surface area contributed by atoms with Crippen molar-refractivity contribution in [3.05, 3.63) is 55.2 Å². The van der Waals surface area contributed by atoms with Crippen molar-refractivity contribution in [2.24, 2.45) is 0 Å². The van der Waals surface area contributed by atoms with E-state index in [4.69, 9.17) is 0 Å². The minimum atomic E-state index is -0.307. The van der Waals surface area contributed by atoms with Crippen LogP contribution in [0.5, 0.6) is 0 Å². The maximum Gasteiger partial charge on any atom is 0.293 e. The molecule has 1 aromatic heterocycles. The molecule has 0 atom stereocenters. The quantitative estimate of drug-likeness (QED) is 0.597. The summed E-state index contributed by atoms with van der Waals surface area (Å²) < 4.78 is 0.735. The van der Waals surface area contributed by atoms with Crippen LogP contribution in [0, 0.1) is 10.1 Å². The molecule has 0 radical (unpaired) electrons. The number of hydrogen-bond donors (Lipinski definition) is 0. The first-order valence-electron chi connectivity index (χ1n) is 7.07. The van der Waals surface area contributed by atoms with Crippen LogP contribution in [0.25, 0.3) is 0 Å². The molecule has 0 N–H and O–H groups in total. The molecule has 0 saturated carbocycles. The Morgan fingerprint density at radius 2 is 2.00 bits per heavy atom. The van der Waals surface area contributed by atoms with Crippen LogP contribution in [0.4, 0.5) is 11.4 Å². The average Bonchev–Trinajstić information content (AvgIpc) is 3.01. The van der Waals surface area contributed by atoms with Gasteiger partial charge in [0.15, 0.2) is 0 Å². The smallest absolute Gasteiger partial charge is 0.293 e. The van der Waals surface area contributed by atoms with E-state index in [9.17, 15) is 10.1 Å². The highest BCUT2D eigenvalue weighted by Crippen LogP contribution is 2.31. The number of anilines is 1. The Labute approximate surface area is 141 Å². The predicted octanol–water partition coefficient (Wildman–Crippen LogP) is 3.74. The van der Waals surface area contributed by atoms with E-state index < -0.39 is 0 Å². The Balaban J connectivity index is 1.67.